The first-order chi connectivity index (χ1) is 7.13. The lowest BCUT2D eigenvalue weighted by molar-refractivity contribution is -0.142. The summed E-state index contributed by atoms with van der Waals surface area (Å²) in [5.41, 5.74) is 0. The molecule has 1 fully saturated rings. The van der Waals surface area contributed by atoms with Crippen LogP contribution in [0.15, 0.2) is 0 Å². The number of hydrogen-bond donors (Lipinski definition) is 3. The molecule has 1 aliphatic carbocycles. The molecule has 0 aliphatic heterocycles. The highest BCUT2D eigenvalue weighted by atomic mass is 16.4. The summed E-state index contributed by atoms with van der Waals surface area (Å²) in [6.07, 6.45) is 6.74. The topological polar surface area (TPSA) is 119 Å². The van der Waals surface area contributed by atoms with Crippen molar-refractivity contribution in [3.05, 3.63) is 0 Å². The van der Waals surface area contributed by atoms with Crippen LogP contribution in [-0.4, -0.2) is 23.2 Å². The Balaban J connectivity index is 0. The van der Waals surface area contributed by atoms with Crippen LogP contribution in [0.1, 0.15) is 32.1 Å². The Bertz CT molecular complexity index is 222. The third kappa shape index (κ3) is 12.2. The van der Waals surface area contributed by atoms with Crippen molar-refractivity contribution in [1.29, 1.82) is 10.8 Å². The van der Waals surface area contributed by atoms with Gasteiger partial charge in [0.25, 0.3) is 0 Å². The minimum Gasteiger partial charge on any atom is -0.481 e. The molecule has 0 radical (unpaired) electrons. The quantitative estimate of drug-likeness (QED) is 0.452. The molecule has 0 heterocycles. The van der Waals surface area contributed by atoms with Crippen molar-refractivity contribution in [3.63, 3.8) is 0 Å². The molecule has 0 aromatic rings. The Morgan fingerprint density at radius 2 is 1.40 bits per heavy atom. The fraction of sp³-hybridized carbons (Fsp3) is 0.667. The molecule has 0 saturated heterocycles. The molecule has 1 rings (SSSR count). The van der Waals surface area contributed by atoms with E-state index in [1.807, 2.05) is 0 Å². The first-order valence-electron chi connectivity index (χ1n) is 4.44. The minimum atomic E-state index is -0.602. The molecule has 0 amide bonds. The second-order valence-electron chi connectivity index (χ2n) is 2.88. The normalized spacial score (nSPS) is 14.1. The molecule has 1 aliphatic rings. The maximum atomic E-state index is 10.4. The van der Waals surface area contributed by atoms with Gasteiger partial charge in [-0.2, -0.15) is 0 Å². The Morgan fingerprint density at radius 3 is 1.60 bits per heavy atom. The lowest BCUT2D eigenvalue weighted by atomic mass is 9.90. The summed E-state index contributed by atoms with van der Waals surface area (Å²) in [4.78, 5) is 27.0. The Kier molecular flexibility index (Phi) is 12.8. The number of carboxylic acid groups (broad SMARTS) is 1. The summed E-state index contributed by atoms with van der Waals surface area (Å²) >= 11 is 0. The number of nitrogens with one attached hydrogen (secondary N) is 2. The van der Waals surface area contributed by atoms with E-state index in [1.165, 1.54) is 6.42 Å². The molecule has 84 valence electrons. The molecule has 0 spiro atoms. The number of aliphatic carboxylic acids is 1. The van der Waals surface area contributed by atoms with Crippen LogP contribution in [-0.2, 0) is 14.4 Å². The maximum absolute atomic E-state index is 10.4. The van der Waals surface area contributed by atoms with Crippen LogP contribution >= 0.6 is 0 Å². The van der Waals surface area contributed by atoms with Crippen molar-refractivity contribution in [1.82, 2.24) is 0 Å². The Hall–Kier alpha value is -1.77. The number of carboxylic acids is 1. The standard InChI is InChI=1S/C7H12O2.2CHNO/c8-7(9)6-4-2-1-3-5-6;2*2-1-3/h6H,1-5H2,(H,8,9);2*2H. The van der Waals surface area contributed by atoms with Crippen LogP contribution in [0.4, 0.5) is 0 Å². The number of carbonyl (C=O) groups is 1. The molecule has 0 unspecified atom stereocenters. The van der Waals surface area contributed by atoms with Gasteiger partial charge in [-0.15, -0.1) is 0 Å². The lowest BCUT2D eigenvalue weighted by Crippen LogP contribution is -2.16. The van der Waals surface area contributed by atoms with E-state index in [9.17, 15) is 4.79 Å². The molecule has 0 aromatic carbocycles. The van der Waals surface area contributed by atoms with Crippen molar-refractivity contribution in [2.24, 2.45) is 5.92 Å². The van der Waals surface area contributed by atoms with Crippen LogP contribution in [0.25, 0.3) is 0 Å². The monoisotopic (exact) mass is 214 g/mol. The van der Waals surface area contributed by atoms with Gasteiger partial charge in [-0.3, -0.25) is 4.79 Å². The number of carbonyl (C=O) groups excluding carboxylic acids is 2. The number of isocyanates is 2. The van der Waals surface area contributed by atoms with Crippen LogP contribution < -0.4 is 0 Å². The van der Waals surface area contributed by atoms with Crippen LogP contribution in [0, 0.1) is 16.7 Å². The Labute approximate surface area is 87.3 Å². The van der Waals surface area contributed by atoms with Crippen molar-refractivity contribution < 1.29 is 19.5 Å². The Morgan fingerprint density at radius 1 is 1.07 bits per heavy atom. The van der Waals surface area contributed by atoms with E-state index in [4.69, 9.17) is 25.5 Å². The van der Waals surface area contributed by atoms with Gasteiger partial charge in [0, 0.05) is 0 Å². The van der Waals surface area contributed by atoms with E-state index in [2.05, 4.69) is 0 Å². The fourth-order valence-electron chi connectivity index (χ4n) is 1.35. The van der Waals surface area contributed by atoms with E-state index < -0.39 is 5.97 Å². The molecule has 6 nitrogen and oxygen atoms in total. The molecular formula is C9H14N2O4. The van der Waals surface area contributed by atoms with E-state index in [-0.39, 0.29) is 5.92 Å². The minimum absolute atomic E-state index is 0.0289. The second kappa shape index (κ2) is 12.2. The van der Waals surface area contributed by atoms with Gasteiger partial charge < -0.3 is 5.11 Å². The predicted molar refractivity (Wildman–Crippen MR) is 51.0 cm³/mol. The van der Waals surface area contributed by atoms with Crippen molar-refractivity contribution in [2.45, 2.75) is 32.1 Å². The first kappa shape index (κ1) is 15.7. The first-order valence-corrected chi connectivity index (χ1v) is 4.44. The van der Waals surface area contributed by atoms with Gasteiger partial charge in [0.15, 0.2) is 0 Å². The van der Waals surface area contributed by atoms with Gasteiger partial charge in [0.1, 0.15) is 0 Å². The smallest absolute Gasteiger partial charge is 0.306 e. The number of hydrogen-bond acceptors (Lipinski definition) is 5. The zero-order chi connectivity index (χ0) is 12.1. The third-order valence-electron chi connectivity index (χ3n) is 1.95. The molecule has 6 heteroatoms. The molecule has 1 saturated carbocycles. The van der Waals surface area contributed by atoms with Crippen LogP contribution in [0.2, 0.25) is 0 Å². The summed E-state index contributed by atoms with van der Waals surface area (Å²) in [6.45, 7) is 0. The van der Waals surface area contributed by atoms with Gasteiger partial charge in [0.2, 0.25) is 12.2 Å². The molecular weight excluding hydrogens is 200 g/mol. The van der Waals surface area contributed by atoms with Crippen molar-refractivity contribution in [2.75, 3.05) is 0 Å². The highest BCUT2D eigenvalue weighted by Crippen LogP contribution is 2.23. The SMILES string of the molecule is N=C=O.N=C=O.O=C(O)C1CCCCC1. The average Bonchev–Trinajstić information content (AvgIpc) is 2.21. The van der Waals surface area contributed by atoms with Crippen LogP contribution in [0.3, 0.4) is 0 Å². The molecule has 0 bridgehead atoms. The molecule has 0 atom stereocenters. The summed E-state index contributed by atoms with van der Waals surface area (Å²) in [5.74, 6) is -0.631. The van der Waals surface area contributed by atoms with E-state index >= 15 is 0 Å². The van der Waals surface area contributed by atoms with E-state index in [0.717, 1.165) is 37.8 Å². The highest BCUT2D eigenvalue weighted by molar-refractivity contribution is 5.69. The summed E-state index contributed by atoms with van der Waals surface area (Å²) in [6, 6.07) is 0. The van der Waals surface area contributed by atoms with Crippen molar-refractivity contribution in [3.8, 4) is 0 Å². The van der Waals surface area contributed by atoms with Gasteiger partial charge in [-0.05, 0) is 12.8 Å². The summed E-state index contributed by atoms with van der Waals surface area (Å²) in [7, 11) is 0. The van der Waals surface area contributed by atoms with E-state index in [0.29, 0.717) is 0 Å². The van der Waals surface area contributed by atoms with Gasteiger partial charge in [0.05, 0.1) is 5.92 Å². The largest absolute Gasteiger partial charge is 0.481 e. The second-order valence-corrected chi connectivity index (χ2v) is 2.88. The van der Waals surface area contributed by atoms with Crippen molar-refractivity contribution >= 4 is 18.1 Å². The van der Waals surface area contributed by atoms with Gasteiger partial charge >= 0.3 is 5.97 Å². The molecule has 3 N–H and O–H groups in total. The lowest BCUT2D eigenvalue weighted by Gasteiger charge is -2.16. The van der Waals surface area contributed by atoms with Gasteiger partial charge in [-0.1, -0.05) is 19.3 Å². The van der Waals surface area contributed by atoms with E-state index in [1.54, 1.807) is 0 Å². The highest BCUT2D eigenvalue weighted by Gasteiger charge is 2.19. The number of rotatable bonds is 1. The maximum Gasteiger partial charge on any atom is 0.306 e. The average molecular weight is 214 g/mol. The predicted octanol–water partition coefficient (Wildman–Crippen LogP) is 1.45. The molecule has 15 heavy (non-hydrogen) atoms. The summed E-state index contributed by atoms with van der Waals surface area (Å²) < 4.78 is 0. The zero-order valence-electron chi connectivity index (χ0n) is 8.28. The third-order valence-corrected chi connectivity index (χ3v) is 1.95. The summed E-state index contributed by atoms with van der Waals surface area (Å²) in [5, 5.41) is 19.3. The molecule has 0 aromatic heterocycles. The fourth-order valence-corrected chi connectivity index (χ4v) is 1.35. The van der Waals surface area contributed by atoms with Gasteiger partial charge in [-0.25, -0.2) is 20.4 Å². The zero-order valence-corrected chi connectivity index (χ0v) is 8.28. The van der Waals surface area contributed by atoms with Crippen LogP contribution in [0.5, 0.6) is 0 Å².